The maximum atomic E-state index is 13.2. The van der Waals surface area contributed by atoms with Gasteiger partial charge in [0.25, 0.3) is 5.91 Å². The Kier molecular flexibility index (Phi) is 5.36. The highest BCUT2D eigenvalue weighted by Crippen LogP contribution is 2.42. The minimum Gasteiger partial charge on any atom is -0.393 e. The number of carbonyl (C=O) groups excluding carboxylic acids is 1. The fourth-order valence-electron chi connectivity index (χ4n) is 6.32. The predicted molar refractivity (Wildman–Crippen MR) is 143 cm³/mol. The van der Waals surface area contributed by atoms with Crippen LogP contribution in [0.25, 0.3) is 22.2 Å². The highest BCUT2D eigenvalue weighted by molar-refractivity contribution is 7.08. The SMILES string of the molecule is O=C(NC(c1ccsc1)C1CC1)c1ccc2[nH]nc(-c3ccc(N4C5CCC4CC(O)C5)cc3)c2c1. The van der Waals surface area contributed by atoms with Crippen molar-refractivity contribution in [1.29, 1.82) is 0 Å². The van der Waals surface area contributed by atoms with Crippen LogP contribution in [0.1, 0.15) is 60.5 Å². The number of benzene rings is 2. The van der Waals surface area contributed by atoms with Crippen LogP contribution in [0, 0.1) is 5.92 Å². The number of carbonyl (C=O) groups is 1. The Morgan fingerprint density at radius 1 is 1.06 bits per heavy atom. The zero-order valence-corrected chi connectivity index (χ0v) is 20.9. The molecular formula is C29H30N4O2S. The first-order chi connectivity index (χ1) is 17.6. The molecule has 0 radical (unpaired) electrons. The van der Waals surface area contributed by atoms with Gasteiger partial charge in [0.1, 0.15) is 0 Å². The number of aliphatic hydroxyl groups excluding tert-OH is 1. The number of amides is 1. The molecule has 2 aromatic carbocycles. The van der Waals surface area contributed by atoms with E-state index in [1.165, 1.54) is 24.1 Å². The van der Waals surface area contributed by atoms with E-state index in [1.807, 2.05) is 18.2 Å². The van der Waals surface area contributed by atoms with Crippen molar-refractivity contribution in [2.24, 2.45) is 5.92 Å². The van der Waals surface area contributed by atoms with Gasteiger partial charge in [-0.1, -0.05) is 12.1 Å². The van der Waals surface area contributed by atoms with Gasteiger partial charge >= 0.3 is 0 Å². The van der Waals surface area contributed by atoms with Crippen LogP contribution in [0.3, 0.4) is 0 Å². The molecule has 7 rings (SSSR count). The predicted octanol–water partition coefficient (Wildman–Crippen LogP) is 5.66. The van der Waals surface area contributed by atoms with Gasteiger partial charge in [0.15, 0.2) is 0 Å². The van der Waals surface area contributed by atoms with Gasteiger partial charge in [-0.3, -0.25) is 9.89 Å². The van der Waals surface area contributed by atoms with Gasteiger partial charge in [-0.2, -0.15) is 16.4 Å². The quantitative estimate of drug-likeness (QED) is 0.320. The standard InChI is InChI=1S/C29H30N4O2S/c34-24-14-22-8-9-23(15-24)33(22)21-6-3-18(4-7-21)28-25-13-19(5-10-26(25)31-32-28)29(35)30-27(17-1-2-17)20-11-12-36-16-20/h3-7,10-13,16-17,22-24,27,34H,1-2,8-9,14-15H2,(H,30,35)(H,31,32). The lowest BCUT2D eigenvalue weighted by Crippen LogP contribution is -2.44. The summed E-state index contributed by atoms with van der Waals surface area (Å²) < 4.78 is 0. The lowest BCUT2D eigenvalue weighted by atomic mass is 9.98. The molecule has 7 heteroatoms. The monoisotopic (exact) mass is 498 g/mol. The molecule has 4 aromatic rings. The van der Waals surface area contributed by atoms with Crippen LogP contribution in [0.4, 0.5) is 5.69 Å². The number of aromatic amines is 1. The van der Waals surface area contributed by atoms with Crippen LogP contribution in [0.15, 0.2) is 59.3 Å². The van der Waals surface area contributed by atoms with Crippen molar-refractivity contribution in [1.82, 2.24) is 15.5 Å². The molecule has 184 valence electrons. The summed E-state index contributed by atoms with van der Waals surface area (Å²) >= 11 is 1.67. The summed E-state index contributed by atoms with van der Waals surface area (Å²) in [6.07, 6.45) is 6.22. The van der Waals surface area contributed by atoms with Crippen molar-refractivity contribution in [3.05, 3.63) is 70.4 Å². The third-order valence-electron chi connectivity index (χ3n) is 8.25. The highest BCUT2D eigenvalue weighted by atomic mass is 32.1. The lowest BCUT2D eigenvalue weighted by molar-refractivity contribution is 0.0932. The van der Waals surface area contributed by atoms with Crippen LogP contribution in [-0.4, -0.2) is 39.4 Å². The molecule has 2 bridgehead atoms. The summed E-state index contributed by atoms with van der Waals surface area (Å²) in [6, 6.07) is 17.5. The number of anilines is 1. The van der Waals surface area contributed by atoms with Gasteiger partial charge in [-0.15, -0.1) is 0 Å². The average Bonchev–Trinajstić information content (AvgIpc) is 3.29. The van der Waals surface area contributed by atoms with E-state index in [0.717, 1.165) is 47.8 Å². The van der Waals surface area contributed by atoms with E-state index in [0.29, 0.717) is 23.6 Å². The normalized spacial score (nSPS) is 24.2. The van der Waals surface area contributed by atoms with E-state index in [4.69, 9.17) is 0 Å². The zero-order chi connectivity index (χ0) is 24.2. The Bertz CT molecular complexity index is 1380. The third-order valence-corrected chi connectivity index (χ3v) is 8.96. The van der Waals surface area contributed by atoms with E-state index in [2.05, 4.69) is 61.5 Å². The molecule has 2 aliphatic heterocycles. The molecule has 0 spiro atoms. The number of aliphatic hydroxyl groups is 1. The van der Waals surface area contributed by atoms with E-state index in [-0.39, 0.29) is 18.1 Å². The van der Waals surface area contributed by atoms with Gasteiger partial charge in [0.05, 0.1) is 23.4 Å². The number of H-pyrrole nitrogens is 1. The maximum absolute atomic E-state index is 13.2. The number of thiophene rings is 1. The summed E-state index contributed by atoms with van der Waals surface area (Å²) in [4.78, 5) is 15.7. The van der Waals surface area contributed by atoms with Gasteiger partial charge in [0, 0.05) is 34.3 Å². The number of hydrogen-bond acceptors (Lipinski definition) is 5. The summed E-state index contributed by atoms with van der Waals surface area (Å²) in [6.45, 7) is 0. The molecule has 3 aliphatic rings. The van der Waals surface area contributed by atoms with Crippen LogP contribution in [0.5, 0.6) is 0 Å². The fraction of sp³-hybridized carbons (Fsp3) is 0.379. The Balaban J connectivity index is 1.14. The molecule has 3 fully saturated rings. The number of piperidine rings is 1. The van der Waals surface area contributed by atoms with Crippen molar-refractivity contribution in [2.75, 3.05) is 4.90 Å². The second kappa shape index (κ2) is 8.75. The molecule has 3 unspecified atom stereocenters. The molecule has 6 nitrogen and oxygen atoms in total. The van der Waals surface area contributed by atoms with Crippen molar-refractivity contribution < 1.29 is 9.90 Å². The average molecular weight is 499 g/mol. The molecule has 2 aromatic heterocycles. The molecular weight excluding hydrogens is 468 g/mol. The zero-order valence-electron chi connectivity index (χ0n) is 20.1. The first-order valence-corrected chi connectivity index (χ1v) is 14.0. The van der Waals surface area contributed by atoms with Crippen LogP contribution in [-0.2, 0) is 0 Å². The molecule has 2 saturated heterocycles. The van der Waals surface area contributed by atoms with Crippen molar-refractivity contribution >= 4 is 33.8 Å². The molecule has 1 saturated carbocycles. The molecule has 3 N–H and O–H groups in total. The van der Waals surface area contributed by atoms with E-state index in [1.54, 1.807) is 11.3 Å². The Morgan fingerprint density at radius 2 is 1.83 bits per heavy atom. The van der Waals surface area contributed by atoms with Gasteiger partial charge in [-0.05, 0) is 97.2 Å². The Hall–Kier alpha value is -3.16. The first-order valence-electron chi connectivity index (χ1n) is 13.0. The Morgan fingerprint density at radius 3 is 2.53 bits per heavy atom. The second-order valence-corrected chi connectivity index (χ2v) is 11.4. The van der Waals surface area contributed by atoms with Crippen molar-refractivity contribution in [3.8, 4) is 11.3 Å². The van der Waals surface area contributed by atoms with Crippen LogP contribution < -0.4 is 10.2 Å². The number of fused-ring (bicyclic) bond motifs is 3. The minimum absolute atomic E-state index is 0.0368. The van der Waals surface area contributed by atoms with E-state index < -0.39 is 0 Å². The van der Waals surface area contributed by atoms with Gasteiger partial charge in [-0.25, -0.2) is 0 Å². The molecule has 1 aliphatic carbocycles. The number of rotatable bonds is 6. The smallest absolute Gasteiger partial charge is 0.251 e. The Labute approximate surface area is 214 Å². The molecule has 1 amide bonds. The topological polar surface area (TPSA) is 81.2 Å². The number of nitrogens with one attached hydrogen (secondary N) is 2. The third kappa shape index (κ3) is 3.91. The van der Waals surface area contributed by atoms with Crippen molar-refractivity contribution in [3.63, 3.8) is 0 Å². The molecule has 36 heavy (non-hydrogen) atoms. The van der Waals surface area contributed by atoms with Crippen LogP contribution in [0.2, 0.25) is 0 Å². The van der Waals surface area contributed by atoms with E-state index >= 15 is 0 Å². The number of hydrogen-bond donors (Lipinski definition) is 3. The highest BCUT2D eigenvalue weighted by Gasteiger charge is 2.40. The molecule has 3 atom stereocenters. The first kappa shape index (κ1) is 22.1. The maximum Gasteiger partial charge on any atom is 0.251 e. The van der Waals surface area contributed by atoms with Gasteiger partial charge < -0.3 is 15.3 Å². The largest absolute Gasteiger partial charge is 0.393 e. The number of nitrogens with zero attached hydrogens (tertiary/aromatic N) is 2. The minimum atomic E-state index is -0.162. The lowest BCUT2D eigenvalue weighted by Gasteiger charge is -2.39. The second-order valence-electron chi connectivity index (χ2n) is 10.6. The van der Waals surface area contributed by atoms with E-state index in [9.17, 15) is 9.90 Å². The number of aromatic nitrogens is 2. The fourth-order valence-corrected chi connectivity index (χ4v) is 7.01. The van der Waals surface area contributed by atoms with Crippen molar-refractivity contribution in [2.45, 2.75) is 62.8 Å². The summed E-state index contributed by atoms with van der Waals surface area (Å²) in [5, 5.41) is 26.3. The summed E-state index contributed by atoms with van der Waals surface area (Å²) in [7, 11) is 0. The van der Waals surface area contributed by atoms with Crippen LogP contribution >= 0.6 is 11.3 Å². The summed E-state index contributed by atoms with van der Waals surface area (Å²) in [5.74, 6) is 0.499. The molecule has 4 heterocycles. The summed E-state index contributed by atoms with van der Waals surface area (Å²) in [5.41, 5.74) is 5.90. The van der Waals surface area contributed by atoms with Gasteiger partial charge in [0.2, 0.25) is 0 Å².